The van der Waals surface area contributed by atoms with E-state index in [0.29, 0.717) is 6.42 Å². The molecule has 0 aromatic heterocycles. The molecular weight excluding hydrogens is 163 g/mol. The van der Waals surface area contributed by atoms with Crippen molar-refractivity contribution in [1.29, 1.82) is 0 Å². The molecule has 0 aromatic carbocycles. The molecule has 1 atom stereocenters. The van der Waals surface area contributed by atoms with Crippen molar-refractivity contribution in [2.45, 2.75) is 38.8 Å². The first-order valence-corrected chi connectivity index (χ1v) is 5.53. The van der Waals surface area contributed by atoms with Crippen LogP contribution in [0.15, 0.2) is 0 Å². The molecular formula is C7H16O3P. The fourth-order valence-electron chi connectivity index (χ4n) is 0.700. The Kier molecular flexibility index (Phi) is 4.98. The van der Waals surface area contributed by atoms with Crippen LogP contribution in [0, 0.1) is 6.42 Å². The first-order valence-electron chi connectivity index (χ1n) is 3.85. The summed E-state index contributed by atoms with van der Waals surface area (Å²) < 4.78 is 10.6. The van der Waals surface area contributed by atoms with Crippen LogP contribution >= 0.6 is 7.60 Å². The summed E-state index contributed by atoms with van der Waals surface area (Å²) in [5, 5.41) is 0. The lowest BCUT2D eigenvalue weighted by molar-refractivity contribution is 0.359. The van der Waals surface area contributed by atoms with Crippen LogP contribution in [-0.4, -0.2) is 15.4 Å². The number of rotatable bonds is 5. The van der Waals surface area contributed by atoms with E-state index in [0.717, 1.165) is 12.8 Å². The maximum atomic E-state index is 10.6. The standard InChI is InChI=1S/C7H16O3P/c1-3-4-5-6-7(2)11(8,9)10/h5,7H,3-4,6H2,1-2H3,(H2,8,9,10). The molecule has 0 heterocycles. The van der Waals surface area contributed by atoms with Gasteiger partial charge in [-0.2, -0.15) is 0 Å². The Bertz CT molecular complexity index is 141. The van der Waals surface area contributed by atoms with Crippen LogP contribution in [0.4, 0.5) is 0 Å². The lowest BCUT2D eigenvalue weighted by Gasteiger charge is -2.11. The Balaban J connectivity index is 3.53. The topological polar surface area (TPSA) is 57.5 Å². The quantitative estimate of drug-likeness (QED) is 0.501. The second-order valence-corrected chi connectivity index (χ2v) is 4.81. The molecule has 67 valence electrons. The first-order chi connectivity index (χ1) is 4.98. The van der Waals surface area contributed by atoms with E-state index in [4.69, 9.17) is 9.79 Å². The average molecular weight is 179 g/mol. The number of unbranched alkanes of at least 4 members (excludes halogenated alkanes) is 2. The summed E-state index contributed by atoms with van der Waals surface area (Å²) in [6, 6.07) is 0. The predicted octanol–water partition coefficient (Wildman–Crippen LogP) is 1.95. The van der Waals surface area contributed by atoms with Crippen molar-refractivity contribution < 1.29 is 14.4 Å². The van der Waals surface area contributed by atoms with Crippen LogP contribution in [0.2, 0.25) is 0 Å². The van der Waals surface area contributed by atoms with Gasteiger partial charge in [-0.05, 0) is 12.8 Å². The molecule has 0 aliphatic rings. The summed E-state index contributed by atoms with van der Waals surface area (Å²) in [5.41, 5.74) is -0.519. The molecule has 1 radical (unpaired) electrons. The summed E-state index contributed by atoms with van der Waals surface area (Å²) in [7, 11) is -3.83. The minimum atomic E-state index is -3.83. The molecule has 0 fully saturated rings. The molecule has 0 aliphatic heterocycles. The van der Waals surface area contributed by atoms with Gasteiger partial charge in [0.25, 0.3) is 0 Å². The van der Waals surface area contributed by atoms with Crippen molar-refractivity contribution in [3.8, 4) is 0 Å². The second-order valence-electron chi connectivity index (χ2n) is 2.75. The van der Waals surface area contributed by atoms with Gasteiger partial charge >= 0.3 is 7.60 Å². The average Bonchev–Trinajstić information content (AvgIpc) is 1.86. The SMILES string of the molecule is CCC[CH]CC(C)P(=O)(O)O. The van der Waals surface area contributed by atoms with Gasteiger partial charge in [0.15, 0.2) is 0 Å². The first kappa shape index (κ1) is 11.2. The Morgan fingerprint density at radius 1 is 1.55 bits per heavy atom. The van der Waals surface area contributed by atoms with E-state index < -0.39 is 13.3 Å². The fraction of sp³-hybridized carbons (Fsp3) is 0.857. The van der Waals surface area contributed by atoms with Crippen molar-refractivity contribution in [2.24, 2.45) is 0 Å². The Morgan fingerprint density at radius 3 is 2.45 bits per heavy atom. The number of hydrogen-bond donors (Lipinski definition) is 2. The normalized spacial score (nSPS) is 14.9. The molecule has 0 amide bonds. The molecule has 2 N–H and O–H groups in total. The van der Waals surface area contributed by atoms with Crippen LogP contribution < -0.4 is 0 Å². The van der Waals surface area contributed by atoms with Crippen LogP contribution in [0.5, 0.6) is 0 Å². The lowest BCUT2D eigenvalue weighted by Crippen LogP contribution is -2.02. The highest BCUT2D eigenvalue weighted by molar-refractivity contribution is 7.52. The van der Waals surface area contributed by atoms with Gasteiger partial charge in [-0.15, -0.1) is 0 Å². The smallest absolute Gasteiger partial charge is 0.324 e. The van der Waals surface area contributed by atoms with Gasteiger partial charge in [0.2, 0.25) is 0 Å². The molecule has 0 spiro atoms. The molecule has 0 rings (SSSR count). The van der Waals surface area contributed by atoms with Crippen molar-refractivity contribution in [3.05, 3.63) is 6.42 Å². The molecule has 0 saturated carbocycles. The maximum Gasteiger partial charge on any atom is 0.328 e. The van der Waals surface area contributed by atoms with Crippen molar-refractivity contribution in [3.63, 3.8) is 0 Å². The summed E-state index contributed by atoms with van der Waals surface area (Å²) in [5.74, 6) is 0. The molecule has 4 heteroatoms. The van der Waals surface area contributed by atoms with Gasteiger partial charge < -0.3 is 9.79 Å². The van der Waals surface area contributed by atoms with Crippen LogP contribution in [0.25, 0.3) is 0 Å². The molecule has 1 unspecified atom stereocenters. The zero-order valence-corrected chi connectivity index (χ0v) is 7.92. The zero-order valence-electron chi connectivity index (χ0n) is 7.03. The maximum absolute atomic E-state index is 10.6. The van der Waals surface area contributed by atoms with Crippen molar-refractivity contribution >= 4 is 7.60 Å². The van der Waals surface area contributed by atoms with Gasteiger partial charge in [-0.1, -0.05) is 26.7 Å². The zero-order chi connectivity index (χ0) is 8.91. The largest absolute Gasteiger partial charge is 0.328 e. The number of hydrogen-bond acceptors (Lipinski definition) is 1. The van der Waals surface area contributed by atoms with Gasteiger partial charge in [0.1, 0.15) is 0 Å². The minimum Gasteiger partial charge on any atom is -0.324 e. The Labute approximate surface area is 68.0 Å². The van der Waals surface area contributed by atoms with E-state index in [2.05, 4.69) is 0 Å². The van der Waals surface area contributed by atoms with E-state index in [1.165, 1.54) is 0 Å². The van der Waals surface area contributed by atoms with E-state index >= 15 is 0 Å². The van der Waals surface area contributed by atoms with Gasteiger partial charge in [-0.25, -0.2) is 0 Å². The third-order valence-corrected chi connectivity index (χ3v) is 2.93. The second kappa shape index (κ2) is 4.91. The third kappa shape index (κ3) is 5.42. The van der Waals surface area contributed by atoms with E-state index in [1.54, 1.807) is 6.92 Å². The summed E-state index contributed by atoms with van der Waals surface area (Å²) in [6.45, 7) is 3.62. The molecule has 0 saturated heterocycles. The highest BCUT2D eigenvalue weighted by atomic mass is 31.2. The van der Waals surface area contributed by atoms with Gasteiger partial charge in [0, 0.05) is 0 Å². The summed E-state index contributed by atoms with van der Waals surface area (Å²) in [4.78, 5) is 17.4. The highest BCUT2D eigenvalue weighted by Gasteiger charge is 2.22. The molecule has 11 heavy (non-hydrogen) atoms. The monoisotopic (exact) mass is 179 g/mol. The van der Waals surface area contributed by atoms with Gasteiger partial charge in [0.05, 0.1) is 5.66 Å². The lowest BCUT2D eigenvalue weighted by atomic mass is 10.2. The van der Waals surface area contributed by atoms with Crippen LogP contribution in [0.3, 0.4) is 0 Å². The third-order valence-electron chi connectivity index (χ3n) is 1.57. The van der Waals surface area contributed by atoms with E-state index in [-0.39, 0.29) is 0 Å². The summed E-state index contributed by atoms with van der Waals surface area (Å²) >= 11 is 0. The van der Waals surface area contributed by atoms with E-state index in [9.17, 15) is 4.57 Å². The molecule has 0 bridgehead atoms. The Hall–Kier alpha value is 0.150. The van der Waals surface area contributed by atoms with Gasteiger partial charge in [-0.3, -0.25) is 4.57 Å². The summed E-state index contributed by atoms with van der Waals surface area (Å²) in [6.07, 6.45) is 4.42. The molecule has 0 aromatic rings. The highest BCUT2D eigenvalue weighted by Crippen LogP contribution is 2.42. The van der Waals surface area contributed by atoms with Crippen LogP contribution in [0.1, 0.15) is 33.1 Å². The molecule has 0 aliphatic carbocycles. The van der Waals surface area contributed by atoms with Crippen LogP contribution in [-0.2, 0) is 4.57 Å². The van der Waals surface area contributed by atoms with E-state index in [1.807, 2.05) is 13.3 Å². The fourth-order valence-corrected chi connectivity index (χ4v) is 1.12. The van der Waals surface area contributed by atoms with Crippen molar-refractivity contribution in [1.82, 2.24) is 0 Å². The minimum absolute atomic E-state index is 0.512. The van der Waals surface area contributed by atoms with Crippen molar-refractivity contribution in [2.75, 3.05) is 0 Å². The Morgan fingerprint density at radius 2 is 2.09 bits per heavy atom. The predicted molar refractivity (Wildman–Crippen MR) is 45.3 cm³/mol. The molecule has 3 nitrogen and oxygen atoms in total.